The quantitative estimate of drug-likeness (QED) is 0.901. The maximum Gasteiger partial charge on any atom is 0.137 e. The Morgan fingerprint density at radius 2 is 2.00 bits per heavy atom. The molecule has 18 heavy (non-hydrogen) atoms. The van der Waals surface area contributed by atoms with Crippen molar-refractivity contribution in [2.24, 2.45) is 0 Å². The van der Waals surface area contributed by atoms with Crippen molar-refractivity contribution in [2.45, 2.75) is 13.5 Å². The van der Waals surface area contributed by atoms with Crippen molar-refractivity contribution in [1.82, 2.24) is 9.97 Å². The van der Waals surface area contributed by atoms with E-state index in [-0.39, 0.29) is 5.82 Å². The number of hydrogen-bond acceptors (Lipinski definition) is 4. The van der Waals surface area contributed by atoms with Crippen LogP contribution in [0.25, 0.3) is 0 Å². The Labute approximate surface area is 105 Å². The zero-order chi connectivity index (χ0) is 13.1. The van der Waals surface area contributed by atoms with Crippen molar-refractivity contribution in [2.75, 3.05) is 17.7 Å². The van der Waals surface area contributed by atoms with E-state index in [0.717, 1.165) is 5.56 Å². The Balaban J connectivity index is 2.25. The third kappa shape index (κ3) is 2.40. The van der Waals surface area contributed by atoms with Crippen LogP contribution in [-0.4, -0.2) is 17.0 Å². The predicted octanol–water partition coefficient (Wildman–Crippen LogP) is 2.14. The molecule has 1 aromatic heterocycles. The third-order valence-electron chi connectivity index (χ3n) is 2.82. The molecule has 5 heteroatoms. The standard InChI is InChI=1S/C13H15FN4/c1-9-12(15)16-8-17-13(9)18(2)7-10-5-3-4-6-11(10)14/h3-6,8H,7H2,1-2H3,(H2,15,16,17). The van der Waals surface area contributed by atoms with Gasteiger partial charge >= 0.3 is 0 Å². The number of nitrogens with two attached hydrogens (primary N) is 1. The first-order valence-electron chi connectivity index (χ1n) is 5.61. The molecule has 0 amide bonds. The third-order valence-corrected chi connectivity index (χ3v) is 2.82. The van der Waals surface area contributed by atoms with E-state index in [9.17, 15) is 4.39 Å². The van der Waals surface area contributed by atoms with Gasteiger partial charge in [-0.1, -0.05) is 18.2 Å². The molecule has 0 bridgehead atoms. The monoisotopic (exact) mass is 246 g/mol. The molecule has 94 valence electrons. The summed E-state index contributed by atoms with van der Waals surface area (Å²) in [5.74, 6) is 0.940. The zero-order valence-electron chi connectivity index (χ0n) is 10.4. The van der Waals surface area contributed by atoms with E-state index in [2.05, 4.69) is 9.97 Å². The lowest BCUT2D eigenvalue weighted by atomic mass is 10.2. The maximum atomic E-state index is 13.6. The first-order valence-corrected chi connectivity index (χ1v) is 5.61. The van der Waals surface area contributed by atoms with Crippen molar-refractivity contribution in [1.29, 1.82) is 0 Å². The van der Waals surface area contributed by atoms with Gasteiger partial charge < -0.3 is 10.6 Å². The van der Waals surface area contributed by atoms with E-state index in [1.165, 1.54) is 12.4 Å². The van der Waals surface area contributed by atoms with Crippen LogP contribution in [0, 0.1) is 12.7 Å². The van der Waals surface area contributed by atoms with Crippen molar-refractivity contribution >= 4 is 11.6 Å². The Kier molecular flexibility index (Phi) is 3.41. The van der Waals surface area contributed by atoms with Crippen LogP contribution in [0.5, 0.6) is 0 Å². The molecule has 1 aromatic carbocycles. The molecule has 0 aliphatic heterocycles. The molecular formula is C13H15FN4. The lowest BCUT2D eigenvalue weighted by molar-refractivity contribution is 0.607. The summed E-state index contributed by atoms with van der Waals surface area (Å²) in [7, 11) is 1.85. The zero-order valence-corrected chi connectivity index (χ0v) is 10.4. The number of anilines is 2. The number of hydrogen-bond donors (Lipinski definition) is 1. The van der Waals surface area contributed by atoms with Gasteiger partial charge in [0.2, 0.25) is 0 Å². The van der Waals surface area contributed by atoms with E-state index in [1.807, 2.05) is 24.9 Å². The Bertz CT molecular complexity index is 556. The fourth-order valence-corrected chi connectivity index (χ4v) is 1.80. The van der Waals surface area contributed by atoms with E-state index >= 15 is 0 Å². The van der Waals surface area contributed by atoms with Crippen molar-refractivity contribution < 1.29 is 4.39 Å². The largest absolute Gasteiger partial charge is 0.383 e. The van der Waals surface area contributed by atoms with Gasteiger partial charge in [-0.15, -0.1) is 0 Å². The first-order chi connectivity index (χ1) is 8.59. The SMILES string of the molecule is Cc1c(N)ncnc1N(C)Cc1ccccc1F. The maximum absolute atomic E-state index is 13.6. The van der Waals surface area contributed by atoms with Crippen molar-refractivity contribution in [3.05, 3.63) is 47.5 Å². The van der Waals surface area contributed by atoms with Crippen LogP contribution in [0.2, 0.25) is 0 Å². The Morgan fingerprint density at radius 3 is 2.72 bits per heavy atom. The van der Waals surface area contributed by atoms with Gasteiger partial charge in [0.15, 0.2) is 0 Å². The fourth-order valence-electron chi connectivity index (χ4n) is 1.80. The van der Waals surface area contributed by atoms with Crippen LogP contribution in [-0.2, 0) is 6.54 Å². The molecular weight excluding hydrogens is 231 g/mol. The molecule has 0 saturated carbocycles. The number of aromatic nitrogens is 2. The Morgan fingerprint density at radius 1 is 1.28 bits per heavy atom. The first kappa shape index (κ1) is 12.3. The second-order valence-electron chi connectivity index (χ2n) is 4.15. The topological polar surface area (TPSA) is 55.0 Å². The highest BCUT2D eigenvalue weighted by atomic mass is 19.1. The Hall–Kier alpha value is -2.17. The highest BCUT2D eigenvalue weighted by Crippen LogP contribution is 2.21. The van der Waals surface area contributed by atoms with Gasteiger partial charge in [0.1, 0.15) is 23.8 Å². The van der Waals surface area contributed by atoms with E-state index in [0.29, 0.717) is 23.7 Å². The van der Waals surface area contributed by atoms with Crippen LogP contribution >= 0.6 is 0 Å². The molecule has 0 atom stereocenters. The molecule has 0 radical (unpaired) electrons. The van der Waals surface area contributed by atoms with E-state index in [4.69, 9.17) is 5.73 Å². The van der Waals surface area contributed by atoms with Gasteiger partial charge in [0.05, 0.1) is 0 Å². The summed E-state index contributed by atoms with van der Waals surface area (Å²) in [6, 6.07) is 6.69. The molecule has 0 spiro atoms. The lowest BCUT2D eigenvalue weighted by Gasteiger charge is -2.20. The molecule has 0 aliphatic rings. The molecule has 0 fully saturated rings. The lowest BCUT2D eigenvalue weighted by Crippen LogP contribution is -2.20. The van der Waals surface area contributed by atoms with Gasteiger partial charge in [-0.25, -0.2) is 14.4 Å². The average molecular weight is 246 g/mol. The minimum absolute atomic E-state index is 0.218. The van der Waals surface area contributed by atoms with Crippen molar-refractivity contribution in [3.8, 4) is 0 Å². The second kappa shape index (κ2) is 5.00. The van der Waals surface area contributed by atoms with Gasteiger partial charge in [0.25, 0.3) is 0 Å². The number of rotatable bonds is 3. The fraction of sp³-hybridized carbons (Fsp3) is 0.231. The highest BCUT2D eigenvalue weighted by molar-refractivity contribution is 5.55. The molecule has 2 rings (SSSR count). The number of halogens is 1. The molecule has 0 aliphatic carbocycles. The van der Waals surface area contributed by atoms with Gasteiger partial charge in [-0.05, 0) is 13.0 Å². The van der Waals surface area contributed by atoms with Crippen LogP contribution in [0.4, 0.5) is 16.0 Å². The van der Waals surface area contributed by atoms with Crippen molar-refractivity contribution in [3.63, 3.8) is 0 Å². The normalized spacial score (nSPS) is 10.4. The van der Waals surface area contributed by atoms with Crippen LogP contribution in [0.15, 0.2) is 30.6 Å². The molecule has 4 nitrogen and oxygen atoms in total. The number of nitrogens with zero attached hydrogens (tertiary/aromatic N) is 3. The predicted molar refractivity (Wildman–Crippen MR) is 69.7 cm³/mol. The minimum Gasteiger partial charge on any atom is -0.383 e. The molecule has 1 heterocycles. The van der Waals surface area contributed by atoms with Crippen LogP contribution in [0.1, 0.15) is 11.1 Å². The van der Waals surface area contributed by atoms with Gasteiger partial charge in [-0.2, -0.15) is 0 Å². The summed E-state index contributed by atoms with van der Waals surface area (Å²) < 4.78 is 13.6. The molecule has 2 aromatic rings. The van der Waals surface area contributed by atoms with Crippen LogP contribution < -0.4 is 10.6 Å². The second-order valence-corrected chi connectivity index (χ2v) is 4.15. The summed E-state index contributed by atoms with van der Waals surface area (Å²) >= 11 is 0. The summed E-state index contributed by atoms with van der Waals surface area (Å²) in [5, 5.41) is 0. The summed E-state index contributed by atoms with van der Waals surface area (Å²) in [6.07, 6.45) is 1.41. The summed E-state index contributed by atoms with van der Waals surface area (Å²) in [5.41, 5.74) is 7.15. The smallest absolute Gasteiger partial charge is 0.137 e. The minimum atomic E-state index is -0.218. The number of benzene rings is 1. The van der Waals surface area contributed by atoms with Crippen LogP contribution in [0.3, 0.4) is 0 Å². The average Bonchev–Trinajstić information content (AvgIpc) is 2.35. The van der Waals surface area contributed by atoms with Gasteiger partial charge in [0, 0.05) is 24.7 Å². The molecule has 2 N–H and O–H groups in total. The highest BCUT2D eigenvalue weighted by Gasteiger charge is 2.11. The number of nitrogen functional groups attached to an aromatic ring is 1. The summed E-state index contributed by atoms with van der Waals surface area (Å²) in [6.45, 7) is 2.28. The van der Waals surface area contributed by atoms with Gasteiger partial charge in [-0.3, -0.25) is 0 Å². The van der Waals surface area contributed by atoms with E-state index in [1.54, 1.807) is 12.1 Å². The molecule has 0 unspecified atom stereocenters. The van der Waals surface area contributed by atoms with E-state index < -0.39 is 0 Å². The summed E-state index contributed by atoms with van der Waals surface area (Å²) in [4.78, 5) is 9.94. The molecule has 0 saturated heterocycles.